The van der Waals surface area contributed by atoms with Gasteiger partial charge in [-0.2, -0.15) is 0 Å². The van der Waals surface area contributed by atoms with E-state index in [0.717, 1.165) is 24.4 Å². The van der Waals surface area contributed by atoms with Crippen LogP contribution in [0.3, 0.4) is 0 Å². The van der Waals surface area contributed by atoms with E-state index in [-0.39, 0.29) is 0 Å². The van der Waals surface area contributed by atoms with Crippen LogP contribution >= 0.6 is 11.3 Å². The molecule has 7 heteroatoms. The molecule has 1 aromatic rings. The van der Waals surface area contributed by atoms with E-state index in [1.807, 2.05) is 12.4 Å². The van der Waals surface area contributed by atoms with Gasteiger partial charge in [0.15, 0.2) is 0 Å². The summed E-state index contributed by atoms with van der Waals surface area (Å²) in [6, 6.07) is 2.22. The van der Waals surface area contributed by atoms with Crippen molar-refractivity contribution in [3.63, 3.8) is 0 Å². The lowest BCUT2D eigenvalue weighted by molar-refractivity contribution is 0.265. The molecule has 1 fully saturated rings. The summed E-state index contributed by atoms with van der Waals surface area (Å²) in [6.45, 7) is 7.52. The lowest BCUT2D eigenvalue weighted by Gasteiger charge is -2.20. The Bertz CT molecular complexity index is 554. The molecule has 0 bridgehead atoms. The van der Waals surface area contributed by atoms with E-state index >= 15 is 0 Å². The highest BCUT2D eigenvalue weighted by Gasteiger charge is 2.26. The average Bonchev–Trinajstić information content (AvgIpc) is 3.06. The fourth-order valence-corrected chi connectivity index (χ4v) is 5.23. The van der Waals surface area contributed by atoms with E-state index in [1.165, 1.54) is 11.3 Å². The van der Waals surface area contributed by atoms with Crippen LogP contribution in [0.25, 0.3) is 0 Å². The summed E-state index contributed by atoms with van der Waals surface area (Å²) in [4.78, 5) is 3.68. The number of nitrogens with zero attached hydrogens (tertiary/aromatic N) is 1. The van der Waals surface area contributed by atoms with Crippen LogP contribution < -0.4 is 10.0 Å². The van der Waals surface area contributed by atoms with Gasteiger partial charge in [0.25, 0.3) is 0 Å². The number of likely N-dealkylation sites (tertiary alicyclic amines) is 1. The third kappa shape index (κ3) is 4.26. The first-order valence-corrected chi connectivity index (χ1v) is 9.75. The predicted molar refractivity (Wildman–Crippen MR) is 87.1 cm³/mol. The van der Waals surface area contributed by atoms with Crippen LogP contribution in [-0.4, -0.2) is 46.0 Å². The Kier molecular flexibility index (Phi) is 5.79. The lowest BCUT2D eigenvalue weighted by atomic mass is 10.1. The summed E-state index contributed by atoms with van der Waals surface area (Å²) in [7, 11) is -1.57. The maximum Gasteiger partial charge on any atom is 0.241 e. The second kappa shape index (κ2) is 7.19. The van der Waals surface area contributed by atoms with Crippen molar-refractivity contribution in [3.05, 3.63) is 16.3 Å². The molecule has 0 amide bonds. The van der Waals surface area contributed by atoms with E-state index in [9.17, 15) is 8.42 Å². The number of hydrogen-bond donors (Lipinski definition) is 2. The van der Waals surface area contributed by atoms with Gasteiger partial charge in [-0.1, -0.05) is 0 Å². The van der Waals surface area contributed by atoms with Crippen LogP contribution in [0.5, 0.6) is 0 Å². The molecule has 0 radical (unpaired) electrons. The van der Waals surface area contributed by atoms with Crippen molar-refractivity contribution in [3.8, 4) is 0 Å². The van der Waals surface area contributed by atoms with E-state index in [4.69, 9.17) is 0 Å². The van der Waals surface area contributed by atoms with Crippen molar-refractivity contribution < 1.29 is 8.42 Å². The maximum absolute atomic E-state index is 12.4. The Morgan fingerprint density at radius 1 is 1.48 bits per heavy atom. The number of rotatable bonds is 7. The van der Waals surface area contributed by atoms with Gasteiger partial charge in [0.1, 0.15) is 0 Å². The lowest BCUT2D eigenvalue weighted by Crippen LogP contribution is -2.33. The maximum atomic E-state index is 12.4. The predicted octanol–water partition coefficient (Wildman–Crippen LogP) is 1.48. The van der Waals surface area contributed by atoms with Crippen LogP contribution in [0.2, 0.25) is 0 Å². The molecule has 0 spiro atoms. The Balaban J connectivity index is 1.94. The molecule has 1 aromatic heterocycles. The number of nitrogens with one attached hydrogen (secondary N) is 2. The molecule has 1 aliphatic rings. The molecular formula is C14H25N3O2S2. The van der Waals surface area contributed by atoms with Gasteiger partial charge in [0.2, 0.25) is 10.0 Å². The summed E-state index contributed by atoms with van der Waals surface area (Å²) in [5.74, 6) is 0.411. The first-order chi connectivity index (χ1) is 9.94. The topological polar surface area (TPSA) is 61.4 Å². The second-order valence-corrected chi connectivity index (χ2v) is 8.57. The number of sulfonamides is 1. The molecule has 1 saturated heterocycles. The van der Waals surface area contributed by atoms with Crippen LogP contribution in [0.15, 0.2) is 16.3 Å². The zero-order chi connectivity index (χ0) is 15.5. The smallest absolute Gasteiger partial charge is 0.241 e. The quantitative estimate of drug-likeness (QED) is 0.794. The fraction of sp³-hybridized carbons (Fsp3) is 0.714. The molecule has 0 aromatic carbocycles. The van der Waals surface area contributed by atoms with Crippen molar-refractivity contribution in [2.75, 3.05) is 26.7 Å². The third-order valence-corrected chi connectivity index (χ3v) is 6.50. The zero-order valence-corrected chi connectivity index (χ0v) is 14.6. The molecule has 120 valence electrons. The number of thiophene rings is 1. The van der Waals surface area contributed by atoms with Gasteiger partial charge >= 0.3 is 0 Å². The van der Waals surface area contributed by atoms with Crippen molar-refractivity contribution in [1.29, 1.82) is 0 Å². The summed E-state index contributed by atoms with van der Waals surface area (Å²) in [5, 5.41) is 4.84. The van der Waals surface area contributed by atoms with Crippen LogP contribution in [0, 0.1) is 5.92 Å². The van der Waals surface area contributed by atoms with Gasteiger partial charge in [-0.3, -0.25) is 0 Å². The van der Waals surface area contributed by atoms with Crippen LogP contribution in [0.1, 0.15) is 25.1 Å². The minimum absolute atomic E-state index is 0.411. The Morgan fingerprint density at radius 3 is 2.86 bits per heavy atom. The molecule has 2 heterocycles. The number of hydrogen-bond acceptors (Lipinski definition) is 5. The Morgan fingerprint density at radius 2 is 2.24 bits per heavy atom. The molecule has 1 aliphatic heterocycles. The second-order valence-electron chi connectivity index (χ2n) is 5.83. The van der Waals surface area contributed by atoms with Gasteiger partial charge in [-0.15, -0.1) is 11.3 Å². The van der Waals surface area contributed by atoms with Crippen LogP contribution in [-0.2, 0) is 16.6 Å². The minimum Gasteiger partial charge on any atom is -0.315 e. The molecule has 1 atom stereocenters. The van der Waals surface area contributed by atoms with E-state index in [1.54, 1.807) is 6.07 Å². The van der Waals surface area contributed by atoms with E-state index in [2.05, 4.69) is 28.8 Å². The average molecular weight is 332 g/mol. The standard InChI is InChI=1S/C14H25N3O2S2/c1-11(2)17-6-4-12(10-17)8-16-21(18,19)14-5-7-20-13(14)9-15-3/h5,7,11-12,15-16H,4,6,8-10H2,1-3H3. The Hall–Kier alpha value is -0.470. The van der Waals surface area contributed by atoms with Gasteiger partial charge in [-0.05, 0) is 51.2 Å². The highest BCUT2D eigenvalue weighted by atomic mass is 32.2. The van der Waals surface area contributed by atoms with E-state index < -0.39 is 10.0 Å². The normalized spacial score (nSPS) is 20.5. The van der Waals surface area contributed by atoms with Crippen molar-refractivity contribution in [2.24, 2.45) is 5.92 Å². The molecule has 1 unspecified atom stereocenters. The summed E-state index contributed by atoms with van der Waals surface area (Å²) < 4.78 is 27.6. The molecule has 5 nitrogen and oxygen atoms in total. The molecule has 0 aliphatic carbocycles. The molecule has 21 heavy (non-hydrogen) atoms. The van der Waals surface area contributed by atoms with Crippen molar-refractivity contribution in [2.45, 2.75) is 37.8 Å². The van der Waals surface area contributed by atoms with Crippen LogP contribution in [0.4, 0.5) is 0 Å². The molecular weight excluding hydrogens is 306 g/mol. The molecule has 2 rings (SSSR count). The van der Waals surface area contributed by atoms with Gasteiger partial charge in [-0.25, -0.2) is 13.1 Å². The largest absolute Gasteiger partial charge is 0.315 e. The van der Waals surface area contributed by atoms with Crippen molar-refractivity contribution in [1.82, 2.24) is 14.9 Å². The Labute approximate surface area is 131 Å². The molecule has 0 saturated carbocycles. The van der Waals surface area contributed by atoms with Gasteiger partial charge in [0, 0.05) is 30.6 Å². The zero-order valence-electron chi connectivity index (χ0n) is 12.9. The van der Waals surface area contributed by atoms with Crippen molar-refractivity contribution >= 4 is 21.4 Å². The highest BCUT2D eigenvalue weighted by Crippen LogP contribution is 2.23. The third-order valence-electron chi connectivity index (χ3n) is 3.94. The SMILES string of the molecule is CNCc1sccc1S(=O)(=O)NCC1CCN(C(C)C)C1. The summed E-state index contributed by atoms with van der Waals surface area (Å²) in [6.07, 6.45) is 1.06. The summed E-state index contributed by atoms with van der Waals surface area (Å²) >= 11 is 1.47. The van der Waals surface area contributed by atoms with E-state index in [0.29, 0.717) is 29.9 Å². The van der Waals surface area contributed by atoms with Gasteiger partial charge < -0.3 is 10.2 Å². The highest BCUT2D eigenvalue weighted by molar-refractivity contribution is 7.89. The van der Waals surface area contributed by atoms with Gasteiger partial charge in [0.05, 0.1) is 4.90 Å². The summed E-state index contributed by atoms with van der Waals surface area (Å²) in [5.41, 5.74) is 0. The molecule has 2 N–H and O–H groups in total. The fourth-order valence-electron chi connectivity index (χ4n) is 2.66. The first kappa shape index (κ1) is 16.9. The monoisotopic (exact) mass is 331 g/mol. The first-order valence-electron chi connectivity index (χ1n) is 7.38. The minimum atomic E-state index is -3.39.